The van der Waals surface area contributed by atoms with Crippen LogP contribution in [0.2, 0.25) is 0 Å². The van der Waals surface area contributed by atoms with Gasteiger partial charge in [0.25, 0.3) is 5.91 Å². The zero-order valence-electron chi connectivity index (χ0n) is 35.0. The third kappa shape index (κ3) is 9.03. The fourth-order valence-electron chi connectivity index (χ4n) is 10.3. The minimum Gasteiger partial charge on any atom is -0.393 e. The van der Waals surface area contributed by atoms with E-state index in [0.29, 0.717) is 29.5 Å². The van der Waals surface area contributed by atoms with Gasteiger partial charge in [0.15, 0.2) is 0 Å². The van der Waals surface area contributed by atoms with Crippen molar-refractivity contribution in [2.24, 2.45) is 11.8 Å². The number of aromatic nitrogens is 4. The first-order chi connectivity index (χ1) is 30.7. The van der Waals surface area contributed by atoms with Gasteiger partial charge in [-0.15, -0.1) is 0 Å². The highest BCUT2D eigenvalue weighted by atomic mass is 19.1. The molecule has 5 N–H and O–H groups in total. The molecule has 2 fully saturated rings. The van der Waals surface area contributed by atoms with Gasteiger partial charge in [0, 0.05) is 45.6 Å². The van der Waals surface area contributed by atoms with Gasteiger partial charge < -0.3 is 35.3 Å². The topological polar surface area (TPSA) is 146 Å². The lowest BCUT2D eigenvalue weighted by Crippen LogP contribution is -2.41. The highest BCUT2D eigenvalue weighted by molar-refractivity contribution is 5.94. The average Bonchev–Trinajstić information content (AvgIpc) is 4.10. The Balaban J connectivity index is 0.000000160. The second kappa shape index (κ2) is 18.7. The molecule has 3 amide bonds. The van der Waals surface area contributed by atoms with Crippen molar-refractivity contribution < 1.29 is 28.6 Å². The standard InChI is InChI=1S/C25H27FN4O2.C25H26FN3O2/c26-20-8-4-7-19-22-14-27-15-30(22)21(24(19)20)13-23(31)16-9-11-18(12-10-16)29-25(32)28-17-5-2-1-3-6-17;26-20-8-4-7-19-22-14-27-15-29(22)21(24(19)20)13-23(30)16-9-11-18(12-10-16)28-25(31)17-5-2-1-3-6-17/h1-8,14-16,18,21,23,31H,9-13H2,(H2,28,29,32);1-8,14-16,18,21,23,30H,9-13H2,(H,28,31). The van der Waals surface area contributed by atoms with Crippen molar-refractivity contribution in [3.63, 3.8) is 0 Å². The van der Waals surface area contributed by atoms with Crippen LogP contribution in [0.25, 0.3) is 22.5 Å². The predicted molar refractivity (Wildman–Crippen MR) is 237 cm³/mol. The molecule has 0 spiro atoms. The zero-order valence-corrected chi connectivity index (χ0v) is 35.0. The van der Waals surface area contributed by atoms with Crippen molar-refractivity contribution in [3.05, 3.63) is 150 Å². The number of aliphatic hydroxyl groups is 2. The van der Waals surface area contributed by atoms with Crippen LogP contribution in [0.5, 0.6) is 0 Å². The monoisotopic (exact) mass is 853 g/mol. The summed E-state index contributed by atoms with van der Waals surface area (Å²) < 4.78 is 33.2. The van der Waals surface area contributed by atoms with Crippen LogP contribution >= 0.6 is 0 Å². The van der Waals surface area contributed by atoms with Crippen LogP contribution < -0.4 is 16.0 Å². The molecule has 13 heteroatoms. The van der Waals surface area contributed by atoms with Crippen molar-refractivity contribution in [2.45, 2.75) is 101 Å². The maximum absolute atomic E-state index is 14.6. The van der Waals surface area contributed by atoms with Gasteiger partial charge in [0.1, 0.15) is 11.6 Å². The van der Waals surface area contributed by atoms with Crippen LogP contribution in [-0.4, -0.2) is 65.5 Å². The summed E-state index contributed by atoms with van der Waals surface area (Å²) >= 11 is 0. The number of anilines is 1. The number of carbonyl (C=O) groups excluding carboxylic acids is 2. The maximum atomic E-state index is 14.6. The van der Waals surface area contributed by atoms with E-state index in [9.17, 15) is 28.6 Å². The third-order valence-electron chi connectivity index (χ3n) is 13.6. The number of urea groups is 1. The first-order valence-electron chi connectivity index (χ1n) is 22.2. The van der Waals surface area contributed by atoms with Gasteiger partial charge in [-0.25, -0.2) is 23.5 Å². The predicted octanol–water partition coefficient (Wildman–Crippen LogP) is 9.06. The molecule has 63 heavy (non-hydrogen) atoms. The molecule has 326 valence electrons. The Bertz CT molecular complexity index is 2510. The summed E-state index contributed by atoms with van der Waals surface area (Å²) in [4.78, 5) is 33.1. The molecule has 4 unspecified atom stereocenters. The molecule has 11 nitrogen and oxygen atoms in total. The van der Waals surface area contributed by atoms with E-state index in [2.05, 4.69) is 25.9 Å². The summed E-state index contributed by atoms with van der Waals surface area (Å²) in [6.07, 6.45) is 13.4. The van der Waals surface area contributed by atoms with Crippen LogP contribution in [0.15, 0.2) is 122 Å². The van der Waals surface area contributed by atoms with Gasteiger partial charge in [-0.05, 0) is 112 Å². The fraction of sp³-hybridized carbons (Fsp3) is 0.360. The van der Waals surface area contributed by atoms with Crippen LogP contribution in [-0.2, 0) is 0 Å². The Morgan fingerprint density at radius 3 is 1.56 bits per heavy atom. The molecule has 0 bridgehead atoms. The Hall–Kier alpha value is -6.18. The van der Waals surface area contributed by atoms with Crippen molar-refractivity contribution in [1.82, 2.24) is 29.7 Å². The van der Waals surface area contributed by atoms with E-state index in [4.69, 9.17) is 0 Å². The zero-order chi connectivity index (χ0) is 43.5. The van der Waals surface area contributed by atoms with Crippen LogP contribution in [0.3, 0.4) is 0 Å². The minimum atomic E-state index is -0.542. The molecule has 2 aromatic heterocycles. The normalized spacial score (nSPS) is 22.9. The number of benzene rings is 4. The summed E-state index contributed by atoms with van der Waals surface area (Å²) in [7, 11) is 0. The number of amides is 3. The number of hydrogen-bond donors (Lipinski definition) is 5. The Kier molecular flexibility index (Phi) is 12.5. The Morgan fingerprint density at radius 1 is 0.603 bits per heavy atom. The average molecular weight is 854 g/mol. The van der Waals surface area contributed by atoms with Gasteiger partial charge in [0.2, 0.25) is 0 Å². The van der Waals surface area contributed by atoms with Crippen LogP contribution in [0.1, 0.15) is 97.8 Å². The number of carbonyl (C=O) groups is 2. The van der Waals surface area contributed by atoms with Gasteiger partial charge in [-0.3, -0.25) is 4.79 Å². The van der Waals surface area contributed by atoms with Gasteiger partial charge in [0.05, 0.1) is 60.7 Å². The van der Waals surface area contributed by atoms with E-state index in [-0.39, 0.29) is 59.6 Å². The lowest BCUT2D eigenvalue weighted by Gasteiger charge is -2.33. The van der Waals surface area contributed by atoms with Crippen molar-refractivity contribution in [2.75, 3.05) is 5.32 Å². The van der Waals surface area contributed by atoms with E-state index in [0.717, 1.165) is 79.6 Å². The van der Waals surface area contributed by atoms with E-state index in [1.54, 1.807) is 37.2 Å². The van der Waals surface area contributed by atoms with Crippen molar-refractivity contribution in [3.8, 4) is 22.5 Å². The smallest absolute Gasteiger partial charge is 0.319 e. The molecule has 2 aliphatic carbocycles. The van der Waals surface area contributed by atoms with E-state index >= 15 is 0 Å². The molecule has 0 radical (unpaired) electrons. The second-order valence-corrected chi connectivity index (χ2v) is 17.4. The van der Waals surface area contributed by atoms with Gasteiger partial charge >= 0.3 is 6.03 Å². The van der Waals surface area contributed by atoms with Crippen molar-refractivity contribution >= 4 is 17.6 Å². The summed E-state index contributed by atoms with van der Waals surface area (Å²) in [5, 5.41) is 31.0. The van der Waals surface area contributed by atoms with Gasteiger partial charge in [-0.2, -0.15) is 0 Å². The highest BCUT2D eigenvalue weighted by Gasteiger charge is 2.37. The first-order valence-corrected chi connectivity index (χ1v) is 22.2. The summed E-state index contributed by atoms with van der Waals surface area (Å²) in [6.45, 7) is 0. The molecule has 2 aliphatic heterocycles. The lowest BCUT2D eigenvalue weighted by atomic mass is 9.80. The number of halogens is 2. The molecule has 4 aliphatic rings. The SMILES string of the molecule is O=C(NC1CCC(C(O)CC2c3c(F)cccc3-c3cncn32)CC1)c1ccccc1.O=C(Nc1ccccc1)NC1CCC(C(O)CC2c3c(F)cccc3-c3cncn32)CC1. The number of nitrogens with one attached hydrogen (secondary N) is 3. The molecule has 2 saturated carbocycles. The van der Waals surface area contributed by atoms with Gasteiger partial charge in [-0.1, -0.05) is 60.7 Å². The maximum Gasteiger partial charge on any atom is 0.319 e. The van der Waals surface area contributed by atoms with Crippen LogP contribution in [0.4, 0.5) is 19.3 Å². The molecule has 4 atom stereocenters. The van der Waals surface area contributed by atoms with E-state index < -0.39 is 12.2 Å². The molecule has 6 aromatic rings. The third-order valence-corrected chi connectivity index (χ3v) is 13.6. The number of imidazole rings is 2. The van der Waals surface area contributed by atoms with E-state index in [1.807, 2.05) is 81.9 Å². The van der Waals surface area contributed by atoms with Crippen molar-refractivity contribution in [1.29, 1.82) is 0 Å². The summed E-state index contributed by atoms with van der Waals surface area (Å²) in [5.41, 5.74) is 6.26. The van der Waals surface area contributed by atoms with E-state index in [1.165, 1.54) is 12.1 Å². The quantitative estimate of drug-likeness (QED) is 0.0930. The largest absolute Gasteiger partial charge is 0.393 e. The minimum absolute atomic E-state index is 0.0460. The fourth-order valence-corrected chi connectivity index (χ4v) is 10.3. The number of hydrogen-bond acceptors (Lipinski definition) is 6. The number of rotatable bonds is 10. The number of nitrogens with zero attached hydrogens (tertiary/aromatic N) is 4. The Labute approximate surface area is 365 Å². The second-order valence-electron chi connectivity index (χ2n) is 17.4. The van der Waals surface area contributed by atoms with Crippen LogP contribution in [0, 0.1) is 23.5 Å². The Morgan fingerprint density at radius 2 is 1.06 bits per heavy atom. The number of para-hydroxylation sites is 1. The molecular formula is C50H53F2N7O4. The lowest BCUT2D eigenvalue weighted by molar-refractivity contribution is 0.0612. The molecule has 4 aromatic carbocycles. The molecule has 0 saturated heterocycles. The number of aliphatic hydroxyl groups excluding tert-OH is 2. The highest BCUT2D eigenvalue weighted by Crippen LogP contribution is 2.45. The number of fused-ring (bicyclic) bond motifs is 6. The summed E-state index contributed by atoms with van der Waals surface area (Å²) in [6, 6.07) is 28.4. The molecule has 4 heterocycles. The molecule has 10 rings (SSSR count). The summed E-state index contributed by atoms with van der Waals surface area (Å²) in [5.74, 6) is -0.234. The first kappa shape index (κ1) is 42.1. The molecular weight excluding hydrogens is 801 g/mol.